The van der Waals surface area contributed by atoms with Gasteiger partial charge >= 0.3 is 0 Å². The normalized spacial score (nSPS) is 19.5. The molecule has 45 heavy (non-hydrogen) atoms. The van der Waals surface area contributed by atoms with Crippen LogP contribution in [0, 0.1) is 0 Å². The predicted octanol–water partition coefficient (Wildman–Crippen LogP) is 5.51. The smallest absolute Gasteiger partial charge is 0.251 e. The lowest BCUT2D eigenvalue weighted by molar-refractivity contribution is -0.139. The van der Waals surface area contributed by atoms with Gasteiger partial charge in [-0.15, -0.1) is 0 Å². The largest absolute Gasteiger partial charge is 0.369 e. The van der Waals surface area contributed by atoms with Crippen molar-refractivity contribution in [2.75, 3.05) is 50.5 Å². The quantitative estimate of drug-likeness (QED) is 0.299. The zero-order valence-corrected chi connectivity index (χ0v) is 26.9. The fourth-order valence-corrected chi connectivity index (χ4v) is 6.29. The van der Waals surface area contributed by atoms with Crippen LogP contribution in [0.25, 0.3) is 10.9 Å². The van der Waals surface area contributed by atoms with Crippen molar-refractivity contribution in [2.24, 2.45) is 0 Å². The second-order valence-electron chi connectivity index (χ2n) is 13.4. The first-order valence-electron chi connectivity index (χ1n) is 15.8. The molecule has 0 saturated carbocycles. The number of likely N-dealkylation sites (N-methyl/N-ethyl adjacent to an activating group) is 2. The molecule has 2 amide bonds. The lowest BCUT2D eigenvalue weighted by Crippen LogP contribution is -2.49. The molecule has 0 radical (unpaired) electrons. The molecule has 6 rings (SSSR count). The van der Waals surface area contributed by atoms with Crippen molar-refractivity contribution in [1.82, 2.24) is 25.1 Å². The highest BCUT2D eigenvalue weighted by Gasteiger charge is 2.32. The van der Waals surface area contributed by atoms with E-state index in [1.165, 1.54) is 5.56 Å². The molecule has 1 unspecified atom stereocenters. The maximum absolute atomic E-state index is 13.1. The molecule has 2 saturated heterocycles. The number of amides is 2. The number of piperidine rings is 1. The summed E-state index contributed by atoms with van der Waals surface area (Å²) in [6, 6.07) is 19.9. The SMILES string of the molecule is CN1CCN(C)C(c2ccc(Nc3cc(N4CCC[C@H](NC(=O)c5ccc(C(C)(C)C)cc5)C4)cc4cccnc34)nc2)C1=O. The summed E-state index contributed by atoms with van der Waals surface area (Å²) in [4.78, 5) is 41.5. The molecule has 0 bridgehead atoms. The van der Waals surface area contributed by atoms with Crippen molar-refractivity contribution in [2.45, 2.75) is 51.1 Å². The molecule has 0 spiro atoms. The summed E-state index contributed by atoms with van der Waals surface area (Å²) in [5.74, 6) is 0.738. The summed E-state index contributed by atoms with van der Waals surface area (Å²) < 4.78 is 0. The van der Waals surface area contributed by atoms with Gasteiger partial charge in [0.2, 0.25) is 5.91 Å². The van der Waals surface area contributed by atoms with E-state index in [-0.39, 0.29) is 29.3 Å². The first-order chi connectivity index (χ1) is 21.6. The van der Waals surface area contributed by atoms with Gasteiger partial charge in [0.05, 0.1) is 11.2 Å². The summed E-state index contributed by atoms with van der Waals surface area (Å²) in [7, 11) is 3.83. The lowest BCUT2D eigenvalue weighted by Gasteiger charge is -2.36. The molecule has 2 atom stereocenters. The van der Waals surface area contributed by atoms with Gasteiger partial charge in [-0.25, -0.2) is 4.98 Å². The van der Waals surface area contributed by atoms with Crippen molar-refractivity contribution >= 4 is 39.9 Å². The first-order valence-corrected chi connectivity index (χ1v) is 15.8. The van der Waals surface area contributed by atoms with Gasteiger partial charge < -0.3 is 20.4 Å². The van der Waals surface area contributed by atoms with E-state index >= 15 is 0 Å². The molecule has 2 N–H and O–H groups in total. The molecule has 2 aromatic heterocycles. The number of carbonyl (C=O) groups is 2. The Morgan fingerprint density at radius 1 is 0.956 bits per heavy atom. The Morgan fingerprint density at radius 2 is 1.76 bits per heavy atom. The van der Waals surface area contributed by atoms with Gasteiger partial charge in [-0.2, -0.15) is 0 Å². The zero-order chi connectivity index (χ0) is 31.7. The Balaban J connectivity index is 1.19. The molecular weight excluding hydrogens is 562 g/mol. The van der Waals surface area contributed by atoms with Gasteiger partial charge in [0.15, 0.2) is 0 Å². The number of fused-ring (bicyclic) bond motifs is 1. The Morgan fingerprint density at radius 3 is 2.49 bits per heavy atom. The van der Waals surface area contributed by atoms with Gasteiger partial charge in [-0.3, -0.25) is 19.5 Å². The number of pyridine rings is 2. The average Bonchev–Trinajstić information content (AvgIpc) is 3.03. The third-order valence-electron chi connectivity index (χ3n) is 9.03. The molecule has 2 aliphatic rings. The van der Waals surface area contributed by atoms with Crippen molar-refractivity contribution in [3.8, 4) is 0 Å². The summed E-state index contributed by atoms with van der Waals surface area (Å²) in [5.41, 5.74) is 5.61. The van der Waals surface area contributed by atoms with Crippen LogP contribution in [0.5, 0.6) is 0 Å². The number of hydrogen-bond acceptors (Lipinski definition) is 7. The third kappa shape index (κ3) is 6.63. The summed E-state index contributed by atoms with van der Waals surface area (Å²) >= 11 is 0. The number of nitrogens with one attached hydrogen (secondary N) is 2. The molecule has 4 aromatic rings. The van der Waals surface area contributed by atoms with Crippen LogP contribution in [-0.4, -0.2) is 77.9 Å². The van der Waals surface area contributed by atoms with E-state index in [1.54, 1.807) is 17.3 Å². The Hall–Kier alpha value is -4.50. The van der Waals surface area contributed by atoms with Crippen LogP contribution in [0.15, 0.2) is 73.1 Å². The van der Waals surface area contributed by atoms with Crippen molar-refractivity contribution in [1.29, 1.82) is 0 Å². The average molecular weight is 606 g/mol. The van der Waals surface area contributed by atoms with Crippen LogP contribution in [0.3, 0.4) is 0 Å². The highest BCUT2D eigenvalue weighted by molar-refractivity contribution is 5.96. The number of anilines is 3. The number of piperazine rings is 1. The fourth-order valence-electron chi connectivity index (χ4n) is 6.29. The number of carbonyl (C=O) groups excluding carboxylic acids is 2. The van der Waals surface area contributed by atoms with E-state index < -0.39 is 0 Å². The lowest BCUT2D eigenvalue weighted by atomic mass is 9.86. The molecule has 2 aliphatic heterocycles. The second kappa shape index (κ2) is 12.5. The highest BCUT2D eigenvalue weighted by Crippen LogP contribution is 2.33. The molecule has 234 valence electrons. The fraction of sp³-hybridized carbons (Fsp3) is 0.389. The monoisotopic (exact) mass is 605 g/mol. The van der Waals surface area contributed by atoms with Gasteiger partial charge in [0, 0.05) is 68.3 Å². The molecule has 4 heterocycles. The standard InChI is InChI=1S/C36H43N7O2/c1-36(2,3)27-13-10-24(11-14-27)34(44)39-28-9-7-17-43(23-28)29-20-25-8-6-16-37-32(25)30(21-29)40-31-15-12-26(22-38-31)33-35(45)42(5)19-18-41(33)4/h6,8,10-16,20-22,28,33H,7,9,17-19,23H2,1-5H3,(H,38,40)(H,39,44)/t28-,33?/m0/s1. The van der Waals surface area contributed by atoms with E-state index in [2.05, 4.69) is 81.5 Å². The minimum Gasteiger partial charge on any atom is -0.369 e. The van der Waals surface area contributed by atoms with Crippen LogP contribution in [0.4, 0.5) is 17.2 Å². The number of hydrogen-bond donors (Lipinski definition) is 2. The van der Waals surface area contributed by atoms with Crippen LogP contribution in [-0.2, 0) is 10.2 Å². The molecule has 9 nitrogen and oxygen atoms in total. The second-order valence-corrected chi connectivity index (χ2v) is 13.4. The van der Waals surface area contributed by atoms with E-state index in [0.717, 1.165) is 66.9 Å². The van der Waals surface area contributed by atoms with E-state index in [0.29, 0.717) is 11.4 Å². The topological polar surface area (TPSA) is 93.7 Å². The third-order valence-corrected chi connectivity index (χ3v) is 9.03. The molecule has 9 heteroatoms. The molecule has 2 aromatic carbocycles. The van der Waals surface area contributed by atoms with Crippen molar-refractivity contribution < 1.29 is 9.59 Å². The number of aromatic nitrogens is 2. The van der Waals surface area contributed by atoms with Crippen molar-refractivity contribution in [3.63, 3.8) is 0 Å². The highest BCUT2D eigenvalue weighted by atomic mass is 16.2. The Bertz CT molecular complexity index is 1680. The minimum atomic E-state index is -0.327. The van der Waals surface area contributed by atoms with Crippen molar-refractivity contribution in [3.05, 3.63) is 89.7 Å². The molecule has 2 fully saturated rings. The van der Waals surface area contributed by atoms with Crippen LogP contribution in [0.2, 0.25) is 0 Å². The Labute approximate surface area is 265 Å². The van der Waals surface area contributed by atoms with E-state index in [4.69, 9.17) is 0 Å². The number of nitrogens with zero attached hydrogens (tertiary/aromatic N) is 5. The Kier molecular flexibility index (Phi) is 8.46. The van der Waals surface area contributed by atoms with Gasteiger partial charge in [0.25, 0.3) is 5.91 Å². The zero-order valence-electron chi connectivity index (χ0n) is 26.9. The van der Waals surface area contributed by atoms with E-state index in [1.807, 2.05) is 44.4 Å². The van der Waals surface area contributed by atoms with Crippen LogP contribution in [0.1, 0.15) is 61.1 Å². The number of rotatable bonds is 6. The first kappa shape index (κ1) is 30.5. The summed E-state index contributed by atoms with van der Waals surface area (Å²) in [5, 5.41) is 7.79. The predicted molar refractivity (Wildman–Crippen MR) is 180 cm³/mol. The summed E-state index contributed by atoms with van der Waals surface area (Å²) in [6.07, 6.45) is 5.50. The van der Waals surface area contributed by atoms with Crippen LogP contribution >= 0.6 is 0 Å². The van der Waals surface area contributed by atoms with Gasteiger partial charge in [0.1, 0.15) is 11.9 Å². The molecular formula is C36H43N7O2. The van der Waals surface area contributed by atoms with E-state index in [9.17, 15) is 9.59 Å². The van der Waals surface area contributed by atoms with Crippen LogP contribution < -0.4 is 15.5 Å². The maximum Gasteiger partial charge on any atom is 0.251 e. The maximum atomic E-state index is 13.1. The number of benzene rings is 2. The van der Waals surface area contributed by atoms with Gasteiger partial charge in [-0.1, -0.05) is 45.0 Å². The molecule has 0 aliphatic carbocycles. The minimum absolute atomic E-state index is 0.0327. The van der Waals surface area contributed by atoms with Gasteiger partial charge in [-0.05, 0) is 72.8 Å². The summed E-state index contributed by atoms with van der Waals surface area (Å²) in [6.45, 7) is 9.70.